The fourth-order valence-corrected chi connectivity index (χ4v) is 1.87. The molecule has 2 rings (SSSR count). The molecule has 1 aliphatic carbocycles. The zero-order valence-corrected chi connectivity index (χ0v) is 9.64. The fourth-order valence-electron chi connectivity index (χ4n) is 1.72. The summed E-state index contributed by atoms with van der Waals surface area (Å²) >= 11 is 4.84. The summed E-state index contributed by atoms with van der Waals surface area (Å²) in [6.07, 6.45) is 5.62. The van der Waals surface area contributed by atoms with Crippen molar-refractivity contribution in [3.8, 4) is 0 Å². The van der Waals surface area contributed by atoms with Gasteiger partial charge in [-0.3, -0.25) is 9.89 Å². The van der Waals surface area contributed by atoms with Gasteiger partial charge in [0.2, 0.25) is 5.91 Å². The Bertz CT molecular complexity index is 411. The molecule has 6 heteroatoms. The van der Waals surface area contributed by atoms with Crippen LogP contribution < -0.4 is 11.1 Å². The lowest BCUT2D eigenvalue weighted by atomic mass is 9.83. The highest BCUT2D eigenvalue weighted by molar-refractivity contribution is 7.80. The van der Waals surface area contributed by atoms with E-state index >= 15 is 0 Å². The SMILES string of the molecule is NC(=S)c1cn[nH]c1NC(=O)CC1CCC1. The van der Waals surface area contributed by atoms with E-state index < -0.39 is 0 Å². The molecule has 1 saturated carbocycles. The third-order valence-corrected chi connectivity index (χ3v) is 3.09. The summed E-state index contributed by atoms with van der Waals surface area (Å²) in [6.45, 7) is 0. The number of aromatic nitrogens is 2. The lowest BCUT2D eigenvalue weighted by Gasteiger charge is -2.24. The van der Waals surface area contributed by atoms with Crippen LogP contribution in [0.3, 0.4) is 0 Å². The van der Waals surface area contributed by atoms with E-state index in [1.165, 1.54) is 12.6 Å². The Morgan fingerprint density at radius 2 is 2.44 bits per heavy atom. The van der Waals surface area contributed by atoms with Gasteiger partial charge in [0.05, 0.1) is 11.8 Å². The molecule has 0 saturated heterocycles. The number of nitrogens with two attached hydrogens (primary N) is 1. The second kappa shape index (κ2) is 4.61. The minimum Gasteiger partial charge on any atom is -0.389 e. The van der Waals surface area contributed by atoms with Gasteiger partial charge in [0.1, 0.15) is 10.8 Å². The van der Waals surface area contributed by atoms with E-state index in [9.17, 15) is 4.79 Å². The van der Waals surface area contributed by atoms with Crippen molar-refractivity contribution in [3.63, 3.8) is 0 Å². The van der Waals surface area contributed by atoms with Crippen LogP contribution in [0, 0.1) is 5.92 Å². The van der Waals surface area contributed by atoms with Crippen LogP contribution in [-0.4, -0.2) is 21.1 Å². The highest BCUT2D eigenvalue weighted by Crippen LogP contribution is 2.29. The number of nitrogens with zero attached hydrogens (tertiary/aromatic N) is 1. The van der Waals surface area contributed by atoms with Crippen molar-refractivity contribution in [1.82, 2.24) is 10.2 Å². The Morgan fingerprint density at radius 3 is 3.00 bits per heavy atom. The fraction of sp³-hybridized carbons (Fsp3) is 0.500. The van der Waals surface area contributed by atoms with Gasteiger partial charge < -0.3 is 11.1 Å². The lowest BCUT2D eigenvalue weighted by Crippen LogP contribution is -2.22. The Balaban J connectivity index is 1.94. The summed E-state index contributed by atoms with van der Waals surface area (Å²) in [4.78, 5) is 11.9. The molecule has 1 heterocycles. The number of thiocarbonyl (C=S) groups is 1. The van der Waals surface area contributed by atoms with E-state index in [1.54, 1.807) is 0 Å². The van der Waals surface area contributed by atoms with Gasteiger partial charge in [-0.05, 0) is 18.8 Å². The molecule has 1 aliphatic rings. The van der Waals surface area contributed by atoms with E-state index in [-0.39, 0.29) is 10.9 Å². The van der Waals surface area contributed by atoms with Crippen LogP contribution in [0.25, 0.3) is 0 Å². The number of nitrogens with one attached hydrogen (secondary N) is 2. The predicted octanol–water partition coefficient (Wildman–Crippen LogP) is 1.17. The molecular weight excluding hydrogens is 224 g/mol. The number of rotatable bonds is 4. The smallest absolute Gasteiger partial charge is 0.225 e. The number of hydrogen-bond donors (Lipinski definition) is 3. The van der Waals surface area contributed by atoms with E-state index in [4.69, 9.17) is 18.0 Å². The molecule has 0 aromatic carbocycles. The third-order valence-electron chi connectivity index (χ3n) is 2.87. The van der Waals surface area contributed by atoms with E-state index in [2.05, 4.69) is 15.5 Å². The second-order valence-corrected chi connectivity index (χ2v) is 4.51. The van der Waals surface area contributed by atoms with Gasteiger partial charge >= 0.3 is 0 Å². The van der Waals surface area contributed by atoms with Crippen LogP contribution in [0.1, 0.15) is 31.2 Å². The first-order chi connectivity index (χ1) is 7.66. The standard InChI is InChI=1S/C10H14N4OS/c11-9(16)7-5-12-14-10(7)13-8(15)4-6-2-1-3-6/h5-6H,1-4H2,(H2,11,16)(H2,12,13,14,15). The van der Waals surface area contributed by atoms with Crippen LogP contribution in [0.15, 0.2) is 6.20 Å². The largest absolute Gasteiger partial charge is 0.389 e. The average Bonchev–Trinajstić information content (AvgIpc) is 2.59. The summed E-state index contributed by atoms with van der Waals surface area (Å²) in [5.74, 6) is 1.03. The third kappa shape index (κ3) is 2.38. The molecule has 0 bridgehead atoms. The highest BCUT2D eigenvalue weighted by atomic mass is 32.1. The predicted molar refractivity (Wildman–Crippen MR) is 65.1 cm³/mol. The minimum atomic E-state index is -0.00792. The highest BCUT2D eigenvalue weighted by Gasteiger charge is 2.21. The molecule has 0 unspecified atom stereocenters. The zero-order chi connectivity index (χ0) is 11.5. The molecular formula is C10H14N4OS. The van der Waals surface area contributed by atoms with Gasteiger partial charge in [0, 0.05) is 6.42 Å². The maximum Gasteiger partial charge on any atom is 0.225 e. The molecule has 1 aromatic heterocycles. The maximum atomic E-state index is 11.6. The van der Waals surface area contributed by atoms with Gasteiger partial charge in [-0.15, -0.1) is 0 Å². The van der Waals surface area contributed by atoms with Crippen molar-refractivity contribution in [3.05, 3.63) is 11.8 Å². The van der Waals surface area contributed by atoms with Crippen molar-refractivity contribution < 1.29 is 4.79 Å². The van der Waals surface area contributed by atoms with Gasteiger partial charge in [-0.25, -0.2) is 0 Å². The van der Waals surface area contributed by atoms with Gasteiger partial charge in [0.15, 0.2) is 0 Å². The van der Waals surface area contributed by atoms with Crippen LogP contribution in [0.4, 0.5) is 5.82 Å². The van der Waals surface area contributed by atoms with Crippen LogP contribution in [0.2, 0.25) is 0 Å². The monoisotopic (exact) mass is 238 g/mol. The van der Waals surface area contributed by atoms with E-state index in [1.807, 2.05) is 0 Å². The number of aromatic amines is 1. The number of carbonyl (C=O) groups excluding carboxylic acids is 1. The topological polar surface area (TPSA) is 83.8 Å². The number of H-pyrrole nitrogens is 1. The molecule has 16 heavy (non-hydrogen) atoms. The van der Waals surface area contributed by atoms with E-state index in [0.29, 0.717) is 23.7 Å². The first-order valence-electron chi connectivity index (χ1n) is 5.30. The molecule has 1 fully saturated rings. The normalized spacial score (nSPS) is 15.5. The Labute approximate surface area is 98.8 Å². The van der Waals surface area contributed by atoms with Gasteiger partial charge in [-0.2, -0.15) is 5.10 Å². The first-order valence-corrected chi connectivity index (χ1v) is 5.70. The summed E-state index contributed by atoms with van der Waals surface area (Å²) in [5.41, 5.74) is 6.07. The molecule has 4 N–H and O–H groups in total. The van der Waals surface area contributed by atoms with Crippen molar-refractivity contribution in [2.24, 2.45) is 11.7 Å². The summed E-state index contributed by atoms with van der Waals surface area (Å²) in [7, 11) is 0. The number of hydrogen-bond acceptors (Lipinski definition) is 3. The van der Waals surface area contributed by atoms with Crippen molar-refractivity contribution in [1.29, 1.82) is 0 Å². The van der Waals surface area contributed by atoms with Crippen molar-refractivity contribution in [2.75, 3.05) is 5.32 Å². The number of amides is 1. The number of carbonyl (C=O) groups is 1. The quantitative estimate of drug-likeness (QED) is 0.688. The average molecular weight is 238 g/mol. The molecule has 5 nitrogen and oxygen atoms in total. The van der Waals surface area contributed by atoms with Crippen LogP contribution in [0.5, 0.6) is 0 Å². The molecule has 0 atom stereocenters. The van der Waals surface area contributed by atoms with Gasteiger partial charge in [0.25, 0.3) is 0 Å². The van der Waals surface area contributed by atoms with Crippen molar-refractivity contribution in [2.45, 2.75) is 25.7 Å². The second-order valence-electron chi connectivity index (χ2n) is 4.07. The van der Waals surface area contributed by atoms with Crippen molar-refractivity contribution >= 4 is 28.9 Å². The maximum absolute atomic E-state index is 11.6. The van der Waals surface area contributed by atoms with Crippen LogP contribution in [-0.2, 0) is 4.79 Å². The van der Waals surface area contributed by atoms with Crippen LogP contribution >= 0.6 is 12.2 Å². The first kappa shape index (κ1) is 11.1. The minimum absolute atomic E-state index is 0.00792. The molecule has 86 valence electrons. The Morgan fingerprint density at radius 1 is 1.69 bits per heavy atom. The molecule has 0 spiro atoms. The number of anilines is 1. The summed E-state index contributed by atoms with van der Waals surface area (Å²) in [6, 6.07) is 0. The zero-order valence-electron chi connectivity index (χ0n) is 8.82. The Hall–Kier alpha value is -1.43. The van der Waals surface area contributed by atoms with Gasteiger partial charge in [-0.1, -0.05) is 18.6 Å². The molecule has 1 aromatic rings. The lowest BCUT2D eigenvalue weighted by molar-refractivity contribution is -0.117. The molecule has 0 radical (unpaired) electrons. The molecule has 0 aliphatic heterocycles. The summed E-state index contributed by atoms with van der Waals surface area (Å²) < 4.78 is 0. The van der Waals surface area contributed by atoms with E-state index in [0.717, 1.165) is 12.8 Å². The Kier molecular flexibility index (Phi) is 3.19. The summed E-state index contributed by atoms with van der Waals surface area (Å²) in [5, 5.41) is 9.23. The molecule has 1 amide bonds.